The number of anilines is 1. The highest BCUT2D eigenvalue weighted by atomic mass is 79.9. The molecule has 40 heavy (non-hydrogen) atoms. The van der Waals surface area contributed by atoms with Gasteiger partial charge in [-0.15, -0.1) is 0 Å². The van der Waals surface area contributed by atoms with E-state index in [1.807, 2.05) is 0 Å². The van der Waals surface area contributed by atoms with Crippen molar-refractivity contribution in [3.8, 4) is 17.2 Å². The lowest BCUT2D eigenvalue weighted by molar-refractivity contribution is -0.394. The van der Waals surface area contributed by atoms with Crippen LogP contribution in [0.1, 0.15) is 12.5 Å². The SMILES string of the molecule is CCOc1cc(/C=C2\C(=O)NC(=S)N(c3cccc(Cl)c3)C2=O)cc(Br)c1Oc1ccc([N+](=O)[O-])cc1[N+](=O)[O-]. The molecule has 1 fully saturated rings. The second-order valence-electron chi connectivity index (χ2n) is 7.97. The normalized spacial score (nSPS) is 14.2. The predicted molar refractivity (Wildman–Crippen MR) is 153 cm³/mol. The smallest absolute Gasteiger partial charge is 0.318 e. The van der Waals surface area contributed by atoms with E-state index in [9.17, 15) is 29.8 Å². The first kappa shape index (κ1) is 28.6. The quantitative estimate of drug-likeness (QED) is 0.103. The van der Waals surface area contributed by atoms with Gasteiger partial charge in [0.2, 0.25) is 5.75 Å². The number of benzene rings is 3. The number of hydrogen-bond acceptors (Lipinski definition) is 9. The highest BCUT2D eigenvalue weighted by Gasteiger charge is 2.34. The third-order valence-corrected chi connectivity index (χ3v) is 6.48. The zero-order valence-electron chi connectivity index (χ0n) is 20.3. The van der Waals surface area contributed by atoms with Crippen LogP contribution in [0.4, 0.5) is 17.1 Å². The molecule has 1 N–H and O–H groups in total. The van der Waals surface area contributed by atoms with Gasteiger partial charge in [-0.2, -0.15) is 0 Å². The third kappa shape index (κ3) is 5.93. The molecule has 0 spiro atoms. The summed E-state index contributed by atoms with van der Waals surface area (Å²) in [6, 6.07) is 12.3. The van der Waals surface area contributed by atoms with Gasteiger partial charge in [-0.3, -0.25) is 40.0 Å². The van der Waals surface area contributed by atoms with Gasteiger partial charge >= 0.3 is 5.69 Å². The van der Waals surface area contributed by atoms with Gasteiger partial charge in [0.05, 0.1) is 32.7 Å². The lowest BCUT2D eigenvalue weighted by atomic mass is 10.1. The van der Waals surface area contributed by atoms with Gasteiger partial charge in [0.1, 0.15) is 5.57 Å². The topological polar surface area (TPSA) is 154 Å². The molecular weight excluding hydrogens is 632 g/mol. The molecule has 0 aliphatic carbocycles. The van der Waals surface area contributed by atoms with Gasteiger partial charge in [-0.1, -0.05) is 17.7 Å². The molecule has 15 heteroatoms. The van der Waals surface area contributed by atoms with Gasteiger partial charge in [0.25, 0.3) is 17.5 Å². The molecule has 1 saturated heterocycles. The summed E-state index contributed by atoms with van der Waals surface area (Å²) in [5.41, 5.74) is -0.637. The molecule has 0 atom stereocenters. The predicted octanol–water partition coefficient (Wildman–Crippen LogP) is 5.94. The van der Waals surface area contributed by atoms with Crippen LogP contribution in [-0.4, -0.2) is 33.4 Å². The zero-order valence-corrected chi connectivity index (χ0v) is 23.4. The first-order valence-electron chi connectivity index (χ1n) is 11.2. The maximum Gasteiger partial charge on any atom is 0.318 e. The van der Waals surface area contributed by atoms with Gasteiger partial charge in [0, 0.05) is 11.1 Å². The largest absolute Gasteiger partial charge is 0.490 e. The Kier molecular flexibility index (Phi) is 8.42. The Labute approximate surface area is 244 Å². The number of non-ortho nitro benzene ring substituents is 1. The minimum Gasteiger partial charge on any atom is -0.490 e. The fraction of sp³-hybridized carbons (Fsp3) is 0.0800. The molecule has 204 valence electrons. The van der Waals surface area contributed by atoms with Crippen LogP contribution in [-0.2, 0) is 9.59 Å². The number of thiocarbonyl (C=S) groups is 1. The highest BCUT2D eigenvalue weighted by Crippen LogP contribution is 2.43. The van der Waals surface area contributed by atoms with Crippen molar-refractivity contribution in [1.29, 1.82) is 0 Å². The summed E-state index contributed by atoms with van der Waals surface area (Å²) in [6.45, 7) is 1.86. The van der Waals surface area contributed by atoms with Gasteiger partial charge in [-0.25, -0.2) is 0 Å². The van der Waals surface area contributed by atoms with E-state index >= 15 is 0 Å². The number of nitro groups is 2. The molecule has 1 aliphatic heterocycles. The number of nitrogens with zero attached hydrogens (tertiary/aromatic N) is 3. The van der Waals surface area contributed by atoms with Crippen LogP contribution in [0.3, 0.4) is 0 Å². The molecule has 0 aromatic heterocycles. The molecule has 0 saturated carbocycles. The van der Waals surface area contributed by atoms with E-state index in [0.29, 0.717) is 16.3 Å². The van der Waals surface area contributed by atoms with E-state index < -0.39 is 33.0 Å². The molecule has 3 aromatic carbocycles. The monoisotopic (exact) mass is 646 g/mol. The first-order chi connectivity index (χ1) is 19.0. The summed E-state index contributed by atoms with van der Waals surface area (Å²) in [4.78, 5) is 48.2. The molecule has 0 bridgehead atoms. The number of nitrogens with one attached hydrogen (secondary N) is 1. The summed E-state index contributed by atoms with van der Waals surface area (Å²) in [7, 11) is 0. The molecule has 0 unspecified atom stereocenters. The van der Waals surface area contributed by atoms with Gasteiger partial charge in [-0.05, 0) is 83.1 Å². The zero-order chi connectivity index (χ0) is 29.1. The molecule has 1 heterocycles. The Morgan fingerprint density at radius 1 is 1.07 bits per heavy atom. The summed E-state index contributed by atoms with van der Waals surface area (Å²) >= 11 is 14.6. The van der Waals surface area contributed by atoms with E-state index in [1.165, 1.54) is 24.3 Å². The van der Waals surface area contributed by atoms with Crippen molar-refractivity contribution < 1.29 is 28.9 Å². The fourth-order valence-corrected chi connectivity index (χ4v) is 4.67. The van der Waals surface area contributed by atoms with Crippen LogP contribution in [0.25, 0.3) is 6.08 Å². The lowest BCUT2D eigenvalue weighted by Gasteiger charge is -2.29. The van der Waals surface area contributed by atoms with Crippen molar-refractivity contribution in [1.82, 2.24) is 5.32 Å². The van der Waals surface area contributed by atoms with Crippen LogP contribution in [0.15, 0.2) is 64.6 Å². The fourth-order valence-electron chi connectivity index (χ4n) is 3.67. The van der Waals surface area contributed by atoms with E-state index in [2.05, 4.69) is 21.2 Å². The van der Waals surface area contributed by atoms with Crippen molar-refractivity contribution >= 4 is 79.8 Å². The molecule has 3 aromatic rings. The van der Waals surface area contributed by atoms with Crippen LogP contribution in [0.5, 0.6) is 17.2 Å². The van der Waals surface area contributed by atoms with Crippen LogP contribution < -0.4 is 19.7 Å². The van der Waals surface area contributed by atoms with Crippen LogP contribution in [0.2, 0.25) is 5.02 Å². The highest BCUT2D eigenvalue weighted by molar-refractivity contribution is 9.10. The maximum atomic E-state index is 13.3. The Bertz CT molecular complexity index is 1630. The summed E-state index contributed by atoms with van der Waals surface area (Å²) in [5, 5.41) is 25.3. The van der Waals surface area contributed by atoms with E-state index in [0.717, 1.165) is 23.1 Å². The Morgan fingerprint density at radius 2 is 1.82 bits per heavy atom. The average Bonchev–Trinajstić information content (AvgIpc) is 2.88. The molecule has 2 amide bonds. The molecule has 1 aliphatic rings. The van der Waals surface area contributed by atoms with Gasteiger partial charge < -0.3 is 9.47 Å². The first-order valence-corrected chi connectivity index (χ1v) is 12.8. The lowest BCUT2D eigenvalue weighted by Crippen LogP contribution is -2.54. The molecular formula is C25H16BrClN4O8S. The average molecular weight is 648 g/mol. The number of halogens is 2. The van der Waals surface area contributed by atoms with E-state index in [1.54, 1.807) is 25.1 Å². The minimum atomic E-state index is -0.807. The third-order valence-electron chi connectivity index (χ3n) is 5.37. The summed E-state index contributed by atoms with van der Waals surface area (Å²) in [5.74, 6) is -1.53. The number of hydrogen-bond donors (Lipinski definition) is 1. The minimum absolute atomic E-state index is 0.0297. The second-order valence-corrected chi connectivity index (χ2v) is 9.65. The standard InChI is InChI=1S/C25H16BrClN4O8S/c1-2-38-21-10-13(8-17-23(32)28-25(40)29(24(17)33)15-5-3-4-14(27)11-15)9-18(26)22(21)39-20-7-6-16(30(34)35)12-19(20)31(36)37/h3-12H,2H2,1H3,(H,28,32,40)/b17-8+. The molecule has 12 nitrogen and oxygen atoms in total. The number of amides is 2. The van der Waals surface area contributed by atoms with Crippen molar-refractivity contribution in [3.63, 3.8) is 0 Å². The van der Waals surface area contributed by atoms with Crippen LogP contribution >= 0.6 is 39.7 Å². The molecule has 4 rings (SSSR count). The summed E-state index contributed by atoms with van der Waals surface area (Å²) in [6.07, 6.45) is 1.32. The molecule has 0 radical (unpaired) electrons. The Balaban J connectivity index is 1.74. The van der Waals surface area contributed by atoms with Crippen molar-refractivity contribution in [2.75, 3.05) is 11.5 Å². The Morgan fingerprint density at radius 3 is 2.48 bits per heavy atom. The van der Waals surface area contributed by atoms with Crippen molar-refractivity contribution in [2.45, 2.75) is 6.92 Å². The number of ether oxygens (including phenoxy) is 2. The number of nitro benzene ring substituents is 2. The summed E-state index contributed by atoms with van der Waals surface area (Å²) < 4.78 is 11.7. The maximum absolute atomic E-state index is 13.3. The Hall–Kier alpha value is -4.40. The van der Waals surface area contributed by atoms with Crippen LogP contribution in [0, 0.1) is 20.2 Å². The van der Waals surface area contributed by atoms with Crippen molar-refractivity contribution in [3.05, 3.63) is 95.5 Å². The van der Waals surface area contributed by atoms with Crippen molar-refractivity contribution in [2.24, 2.45) is 0 Å². The second kappa shape index (κ2) is 11.8. The van der Waals surface area contributed by atoms with Gasteiger partial charge in [0.15, 0.2) is 16.6 Å². The number of carbonyl (C=O) groups is 2. The van der Waals surface area contributed by atoms with E-state index in [4.69, 9.17) is 33.3 Å². The number of carbonyl (C=O) groups excluding carboxylic acids is 2. The number of rotatable bonds is 8. The van der Waals surface area contributed by atoms with E-state index in [-0.39, 0.29) is 39.0 Å².